The van der Waals surface area contributed by atoms with Gasteiger partial charge in [0.15, 0.2) is 0 Å². The number of rotatable bonds is 3. The zero-order valence-electron chi connectivity index (χ0n) is 13.2. The minimum Gasteiger partial charge on any atom is -0.346 e. The molecular formula is C16H22N4O2S. The monoisotopic (exact) mass is 334 g/mol. The van der Waals surface area contributed by atoms with E-state index in [1.807, 2.05) is 17.5 Å². The minimum absolute atomic E-state index is 0.108. The largest absolute Gasteiger partial charge is 0.346 e. The maximum atomic E-state index is 11.9. The highest BCUT2D eigenvalue weighted by Crippen LogP contribution is 2.36. The molecule has 6 nitrogen and oxygen atoms in total. The predicted octanol–water partition coefficient (Wildman–Crippen LogP) is 0.943. The average Bonchev–Trinajstić information content (AvgIpc) is 3.22. The third-order valence-electron chi connectivity index (χ3n) is 5.18. The Morgan fingerprint density at radius 2 is 2.09 bits per heavy atom. The number of nitrogens with one attached hydrogen (secondary N) is 1. The highest BCUT2D eigenvalue weighted by atomic mass is 32.1. The van der Waals surface area contributed by atoms with Crippen molar-refractivity contribution in [2.24, 2.45) is 0 Å². The van der Waals surface area contributed by atoms with Crippen molar-refractivity contribution in [2.75, 3.05) is 26.2 Å². The SMILES string of the molecule is O=C1NC[C@@H]2CN(Cc3cnc(C4CCCC4)s3)CCN2C1=O. The van der Waals surface area contributed by atoms with Crippen LogP contribution in [0.25, 0.3) is 0 Å². The molecule has 0 bridgehead atoms. The second-order valence-corrected chi connectivity index (χ2v) is 7.89. The minimum atomic E-state index is -0.460. The molecule has 2 saturated heterocycles. The number of carbonyl (C=O) groups is 2. The fourth-order valence-corrected chi connectivity index (χ4v) is 5.03. The Balaban J connectivity index is 1.37. The molecule has 2 aliphatic heterocycles. The lowest BCUT2D eigenvalue weighted by molar-refractivity contribution is -0.152. The van der Waals surface area contributed by atoms with Gasteiger partial charge in [-0.1, -0.05) is 12.8 Å². The molecule has 1 saturated carbocycles. The number of thiazole rings is 1. The molecular weight excluding hydrogens is 312 g/mol. The fourth-order valence-electron chi connectivity index (χ4n) is 3.90. The molecule has 0 spiro atoms. The molecule has 7 heteroatoms. The summed E-state index contributed by atoms with van der Waals surface area (Å²) >= 11 is 1.85. The molecule has 4 rings (SSSR count). The maximum Gasteiger partial charge on any atom is 0.312 e. The van der Waals surface area contributed by atoms with Gasteiger partial charge in [0.2, 0.25) is 0 Å². The van der Waals surface area contributed by atoms with Gasteiger partial charge in [-0.15, -0.1) is 11.3 Å². The molecule has 2 amide bonds. The van der Waals surface area contributed by atoms with Crippen molar-refractivity contribution in [3.8, 4) is 0 Å². The van der Waals surface area contributed by atoms with E-state index in [9.17, 15) is 9.59 Å². The Kier molecular flexibility index (Phi) is 4.07. The summed E-state index contributed by atoms with van der Waals surface area (Å²) in [7, 11) is 0. The Bertz CT molecular complexity index is 611. The second kappa shape index (κ2) is 6.20. The topological polar surface area (TPSA) is 65.5 Å². The number of amides is 2. The molecule has 3 fully saturated rings. The maximum absolute atomic E-state index is 11.9. The molecule has 3 heterocycles. The van der Waals surface area contributed by atoms with Crippen LogP contribution in [0.5, 0.6) is 0 Å². The predicted molar refractivity (Wildman–Crippen MR) is 87.1 cm³/mol. The lowest BCUT2D eigenvalue weighted by atomic mass is 10.1. The lowest BCUT2D eigenvalue weighted by Gasteiger charge is -2.43. The zero-order chi connectivity index (χ0) is 15.8. The van der Waals surface area contributed by atoms with Gasteiger partial charge in [-0.25, -0.2) is 4.98 Å². The standard InChI is InChI=1S/C16H22N4O2S/c21-14-16(22)20-6-5-19(9-12(20)7-17-14)10-13-8-18-15(23-13)11-3-1-2-4-11/h8,11-12H,1-7,9-10H2,(H,17,21)/t12-/m1/s1. The quantitative estimate of drug-likeness (QED) is 0.836. The normalized spacial score (nSPS) is 26.4. The molecule has 23 heavy (non-hydrogen) atoms. The number of carbonyl (C=O) groups excluding carboxylic acids is 2. The summed E-state index contributed by atoms with van der Waals surface area (Å²) in [5.41, 5.74) is 0. The first kappa shape index (κ1) is 15.1. The van der Waals surface area contributed by atoms with Gasteiger partial charge < -0.3 is 10.2 Å². The summed E-state index contributed by atoms with van der Waals surface area (Å²) in [4.78, 5) is 33.3. The van der Waals surface area contributed by atoms with Gasteiger partial charge in [0.25, 0.3) is 0 Å². The number of nitrogens with zero attached hydrogens (tertiary/aromatic N) is 3. The van der Waals surface area contributed by atoms with Crippen LogP contribution in [0, 0.1) is 0 Å². The second-order valence-electron chi connectivity index (χ2n) is 6.74. The van der Waals surface area contributed by atoms with E-state index in [2.05, 4.69) is 15.2 Å². The van der Waals surface area contributed by atoms with Crippen LogP contribution in [0.1, 0.15) is 41.5 Å². The van der Waals surface area contributed by atoms with Crippen LogP contribution in [0.2, 0.25) is 0 Å². The van der Waals surface area contributed by atoms with Gasteiger partial charge >= 0.3 is 11.8 Å². The van der Waals surface area contributed by atoms with Crippen molar-refractivity contribution in [3.05, 3.63) is 16.1 Å². The zero-order valence-corrected chi connectivity index (χ0v) is 14.0. The molecule has 0 aromatic carbocycles. The summed E-state index contributed by atoms with van der Waals surface area (Å²) in [6.07, 6.45) is 7.27. The van der Waals surface area contributed by atoms with Gasteiger partial charge in [-0.05, 0) is 12.8 Å². The van der Waals surface area contributed by atoms with E-state index in [1.165, 1.54) is 35.6 Å². The summed E-state index contributed by atoms with van der Waals surface area (Å²) in [5, 5.41) is 3.99. The van der Waals surface area contributed by atoms with Crippen LogP contribution < -0.4 is 5.32 Å². The van der Waals surface area contributed by atoms with Crippen LogP contribution >= 0.6 is 11.3 Å². The number of hydrogen-bond donors (Lipinski definition) is 1. The highest BCUT2D eigenvalue weighted by Gasteiger charge is 2.37. The molecule has 0 unspecified atom stereocenters. The molecule has 0 radical (unpaired) electrons. The van der Waals surface area contributed by atoms with E-state index in [4.69, 9.17) is 0 Å². The van der Waals surface area contributed by atoms with Crippen LogP contribution in [-0.4, -0.2) is 58.8 Å². The van der Waals surface area contributed by atoms with Gasteiger partial charge in [-0.2, -0.15) is 0 Å². The summed E-state index contributed by atoms with van der Waals surface area (Å²) in [6, 6.07) is 0.108. The van der Waals surface area contributed by atoms with E-state index in [0.717, 1.165) is 19.6 Å². The molecule has 3 aliphatic rings. The molecule has 1 aromatic heterocycles. The van der Waals surface area contributed by atoms with Crippen molar-refractivity contribution in [3.63, 3.8) is 0 Å². The average molecular weight is 334 g/mol. The molecule has 1 aliphatic carbocycles. The Hall–Kier alpha value is -1.47. The van der Waals surface area contributed by atoms with E-state index in [1.54, 1.807) is 4.90 Å². The van der Waals surface area contributed by atoms with Crippen LogP contribution in [0.3, 0.4) is 0 Å². The Morgan fingerprint density at radius 1 is 1.26 bits per heavy atom. The van der Waals surface area contributed by atoms with Crippen molar-refractivity contribution in [2.45, 2.75) is 44.2 Å². The summed E-state index contributed by atoms with van der Waals surface area (Å²) in [6.45, 7) is 3.76. The summed E-state index contributed by atoms with van der Waals surface area (Å²) < 4.78 is 0. The molecule has 1 N–H and O–H groups in total. The highest BCUT2D eigenvalue weighted by molar-refractivity contribution is 7.11. The third-order valence-corrected chi connectivity index (χ3v) is 6.32. The Labute approximate surface area is 139 Å². The fraction of sp³-hybridized carbons (Fsp3) is 0.688. The van der Waals surface area contributed by atoms with E-state index in [0.29, 0.717) is 19.0 Å². The van der Waals surface area contributed by atoms with E-state index in [-0.39, 0.29) is 11.9 Å². The van der Waals surface area contributed by atoms with Gasteiger partial charge in [0.05, 0.1) is 11.0 Å². The van der Waals surface area contributed by atoms with Crippen LogP contribution in [0.15, 0.2) is 6.20 Å². The first-order valence-corrected chi connectivity index (χ1v) is 9.28. The van der Waals surface area contributed by atoms with Crippen LogP contribution in [-0.2, 0) is 16.1 Å². The lowest BCUT2D eigenvalue weighted by Crippen LogP contribution is -2.65. The van der Waals surface area contributed by atoms with Crippen molar-refractivity contribution >= 4 is 23.2 Å². The third kappa shape index (κ3) is 2.99. The molecule has 1 atom stereocenters. The molecule has 1 aromatic rings. The molecule has 124 valence electrons. The van der Waals surface area contributed by atoms with Crippen LogP contribution in [0.4, 0.5) is 0 Å². The van der Waals surface area contributed by atoms with Gasteiger partial charge in [-0.3, -0.25) is 14.5 Å². The number of aromatic nitrogens is 1. The first-order valence-electron chi connectivity index (χ1n) is 8.46. The van der Waals surface area contributed by atoms with Gasteiger partial charge in [0.1, 0.15) is 0 Å². The van der Waals surface area contributed by atoms with E-state index < -0.39 is 5.91 Å². The summed E-state index contributed by atoms with van der Waals surface area (Å²) in [5.74, 6) is -0.155. The van der Waals surface area contributed by atoms with Crippen molar-refractivity contribution in [1.29, 1.82) is 0 Å². The van der Waals surface area contributed by atoms with Crippen molar-refractivity contribution < 1.29 is 9.59 Å². The number of fused-ring (bicyclic) bond motifs is 1. The first-order chi connectivity index (χ1) is 11.2. The van der Waals surface area contributed by atoms with E-state index >= 15 is 0 Å². The smallest absolute Gasteiger partial charge is 0.312 e. The Morgan fingerprint density at radius 3 is 2.91 bits per heavy atom. The van der Waals surface area contributed by atoms with Gasteiger partial charge in [0, 0.05) is 49.7 Å². The van der Waals surface area contributed by atoms with Crippen molar-refractivity contribution in [1.82, 2.24) is 20.1 Å². The number of piperazine rings is 2. The number of hydrogen-bond acceptors (Lipinski definition) is 5.